The van der Waals surface area contributed by atoms with Gasteiger partial charge in [0.05, 0.1) is 0 Å². The predicted molar refractivity (Wildman–Crippen MR) is 93.6 cm³/mol. The van der Waals surface area contributed by atoms with Gasteiger partial charge in [-0.3, -0.25) is 0 Å². The van der Waals surface area contributed by atoms with Crippen molar-refractivity contribution >= 4 is 5.82 Å². The second kappa shape index (κ2) is 6.51. The maximum atomic E-state index is 4.71. The molecule has 1 aromatic heterocycles. The van der Waals surface area contributed by atoms with Crippen LogP contribution in [0.15, 0.2) is 36.5 Å². The average molecular weight is 294 g/mol. The molecule has 2 aromatic rings. The molecule has 0 aliphatic carbocycles. The highest BCUT2D eigenvalue weighted by Crippen LogP contribution is 2.32. The zero-order valence-electron chi connectivity index (χ0n) is 14.0. The van der Waals surface area contributed by atoms with Crippen molar-refractivity contribution in [1.29, 1.82) is 0 Å². The van der Waals surface area contributed by atoms with Gasteiger partial charge in [0.25, 0.3) is 0 Å². The third-order valence-corrected chi connectivity index (χ3v) is 4.90. The van der Waals surface area contributed by atoms with E-state index >= 15 is 0 Å². The van der Waals surface area contributed by atoms with Gasteiger partial charge in [0.1, 0.15) is 5.82 Å². The molecule has 0 spiro atoms. The van der Waals surface area contributed by atoms with E-state index in [0.29, 0.717) is 6.04 Å². The first-order valence-electron chi connectivity index (χ1n) is 8.51. The van der Waals surface area contributed by atoms with Gasteiger partial charge in [-0.05, 0) is 62.3 Å². The van der Waals surface area contributed by atoms with Crippen LogP contribution in [0.3, 0.4) is 0 Å². The highest BCUT2D eigenvalue weighted by molar-refractivity contribution is 5.54. The molecule has 116 valence electrons. The normalized spacial score (nSPS) is 17.4. The number of hydrogen-bond donors (Lipinski definition) is 0. The Hall–Kier alpha value is -1.83. The summed E-state index contributed by atoms with van der Waals surface area (Å²) in [6.07, 6.45) is 6.63. The summed E-state index contributed by atoms with van der Waals surface area (Å²) < 4.78 is 0. The summed E-state index contributed by atoms with van der Waals surface area (Å²) in [4.78, 5) is 7.21. The highest BCUT2D eigenvalue weighted by Gasteiger charge is 2.26. The molecule has 1 atom stereocenters. The van der Waals surface area contributed by atoms with Crippen LogP contribution < -0.4 is 4.90 Å². The van der Waals surface area contributed by atoms with Gasteiger partial charge >= 0.3 is 0 Å². The van der Waals surface area contributed by atoms with Crippen molar-refractivity contribution in [3.63, 3.8) is 0 Å². The molecule has 3 rings (SSSR count). The maximum Gasteiger partial charge on any atom is 0.132 e. The van der Waals surface area contributed by atoms with Crippen LogP contribution in [0.1, 0.15) is 48.9 Å². The van der Waals surface area contributed by atoms with E-state index in [1.807, 2.05) is 6.20 Å². The summed E-state index contributed by atoms with van der Waals surface area (Å²) >= 11 is 0. The molecule has 1 aliphatic rings. The van der Waals surface area contributed by atoms with E-state index in [9.17, 15) is 0 Å². The zero-order valence-corrected chi connectivity index (χ0v) is 14.0. The van der Waals surface area contributed by atoms with Crippen molar-refractivity contribution < 1.29 is 0 Å². The maximum absolute atomic E-state index is 4.71. The third kappa shape index (κ3) is 2.87. The van der Waals surface area contributed by atoms with Crippen molar-refractivity contribution in [2.24, 2.45) is 0 Å². The van der Waals surface area contributed by atoms with E-state index in [1.165, 1.54) is 47.3 Å². The molecule has 2 heteroatoms. The smallest absolute Gasteiger partial charge is 0.132 e. The fraction of sp³-hybridized carbons (Fsp3) is 0.450. The number of benzene rings is 1. The Morgan fingerprint density at radius 2 is 1.91 bits per heavy atom. The second-order valence-corrected chi connectivity index (χ2v) is 6.32. The number of fused-ring (bicyclic) bond motifs is 1. The molecule has 2 nitrogen and oxygen atoms in total. The van der Waals surface area contributed by atoms with Crippen LogP contribution in [0.4, 0.5) is 5.82 Å². The minimum Gasteiger partial charge on any atom is -0.354 e. The summed E-state index contributed by atoms with van der Waals surface area (Å²) in [5, 5.41) is 0. The van der Waals surface area contributed by atoms with E-state index in [4.69, 9.17) is 4.98 Å². The number of pyridine rings is 1. The summed E-state index contributed by atoms with van der Waals surface area (Å²) in [6, 6.07) is 11.8. The Morgan fingerprint density at radius 1 is 1.14 bits per heavy atom. The third-order valence-electron chi connectivity index (χ3n) is 4.90. The van der Waals surface area contributed by atoms with Crippen LogP contribution >= 0.6 is 0 Å². The Labute approximate surface area is 134 Å². The van der Waals surface area contributed by atoms with Crippen LogP contribution in [0.5, 0.6) is 0 Å². The summed E-state index contributed by atoms with van der Waals surface area (Å²) in [7, 11) is 0. The van der Waals surface area contributed by atoms with Gasteiger partial charge in [0.15, 0.2) is 0 Å². The minimum absolute atomic E-state index is 0.652. The van der Waals surface area contributed by atoms with Crippen LogP contribution in [0.25, 0.3) is 0 Å². The van der Waals surface area contributed by atoms with Gasteiger partial charge in [-0.15, -0.1) is 0 Å². The Morgan fingerprint density at radius 3 is 2.59 bits per heavy atom. The SMILES string of the molecule is CC[C@H]1CCc2c(Cc3ccc(C)cc3)ccnc2N1CC. The lowest BCUT2D eigenvalue weighted by atomic mass is 9.91. The van der Waals surface area contributed by atoms with Crippen molar-refractivity contribution in [2.45, 2.75) is 52.5 Å². The first kappa shape index (κ1) is 15.1. The molecule has 0 bridgehead atoms. The van der Waals surface area contributed by atoms with Crippen LogP contribution in [0.2, 0.25) is 0 Å². The Balaban J connectivity index is 1.92. The van der Waals surface area contributed by atoms with E-state index in [0.717, 1.165) is 13.0 Å². The van der Waals surface area contributed by atoms with Gasteiger partial charge in [-0.1, -0.05) is 36.8 Å². The van der Waals surface area contributed by atoms with E-state index in [2.05, 4.69) is 56.0 Å². The highest BCUT2D eigenvalue weighted by atomic mass is 15.2. The van der Waals surface area contributed by atoms with E-state index < -0.39 is 0 Å². The zero-order chi connectivity index (χ0) is 15.5. The summed E-state index contributed by atoms with van der Waals surface area (Å²) in [5.41, 5.74) is 5.62. The number of aromatic nitrogens is 1. The largest absolute Gasteiger partial charge is 0.354 e. The molecule has 0 saturated heterocycles. The lowest BCUT2D eigenvalue weighted by Gasteiger charge is -2.37. The quantitative estimate of drug-likeness (QED) is 0.823. The summed E-state index contributed by atoms with van der Waals surface area (Å²) in [6.45, 7) is 7.72. The molecule has 2 heterocycles. The van der Waals surface area contributed by atoms with Gasteiger partial charge in [0.2, 0.25) is 0 Å². The molecule has 0 N–H and O–H groups in total. The van der Waals surface area contributed by atoms with Crippen molar-refractivity contribution in [3.05, 3.63) is 58.8 Å². The van der Waals surface area contributed by atoms with Crippen LogP contribution in [0, 0.1) is 6.92 Å². The molecule has 0 saturated carbocycles. The fourth-order valence-corrected chi connectivity index (χ4v) is 3.60. The van der Waals surface area contributed by atoms with E-state index in [-0.39, 0.29) is 0 Å². The van der Waals surface area contributed by atoms with Crippen molar-refractivity contribution in [2.75, 3.05) is 11.4 Å². The number of rotatable bonds is 4. The topological polar surface area (TPSA) is 16.1 Å². The monoisotopic (exact) mass is 294 g/mol. The number of aryl methyl sites for hydroxylation is 1. The van der Waals surface area contributed by atoms with Gasteiger partial charge < -0.3 is 4.90 Å². The van der Waals surface area contributed by atoms with Crippen LogP contribution in [-0.2, 0) is 12.8 Å². The molecular weight excluding hydrogens is 268 g/mol. The molecule has 22 heavy (non-hydrogen) atoms. The average Bonchev–Trinajstić information content (AvgIpc) is 2.56. The lowest BCUT2D eigenvalue weighted by Crippen LogP contribution is -2.39. The number of nitrogens with zero attached hydrogens (tertiary/aromatic N) is 2. The fourth-order valence-electron chi connectivity index (χ4n) is 3.60. The molecule has 0 fully saturated rings. The van der Waals surface area contributed by atoms with Gasteiger partial charge in [0, 0.05) is 18.8 Å². The van der Waals surface area contributed by atoms with Crippen molar-refractivity contribution in [3.8, 4) is 0 Å². The predicted octanol–water partition coefficient (Wildman–Crippen LogP) is 4.53. The Bertz CT molecular complexity index is 631. The molecule has 0 unspecified atom stereocenters. The molecule has 1 aliphatic heterocycles. The van der Waals surface area contributed by atoms with Crippen molar-refractivity contribution in [1.82, 2.24) is 4.98 Å². The first-order chi connectivity index (χ1) is 10.7. The molecule has 0 amide bonds. The van der Waals surface area contributed by atoms with Gasteiger partial charge in [-0.2, -0.15) is 0 Å². The van der Waals surface area contributed by atoms with Crippen LogP contribution in [-0.4, -0.2) is 17.6 Å². The first-order valence-corrected chi connectivity index (χ1v) is 8.51. The second-order valence-electron chi connectivity index (χ2n) is 6.32. The minimum atomic E-state index is 0.652. The molecule has 1 aromatic carbocycles. The Kier molecular flexibility index (Phi) is 4.47. The summed E-state index contributed by atoms with van der Waals surface area (Å²) in [5.74, 6) is 1.23. The standard InChI is InChI=1S/C20H26N2/c1-4-18-10-11-19-17(12-13-21-20(19)22(18)5-2)14-16-8-6-15(3)7-9-16/h6-9,12-13,18H,4-5,10-11,14H2,1-3H3/t18-/m0/s1. The number of hydrogen-bond acceptors (Lipinski definition) is 2. The lowest BCUT2D eigenvalue weighted by molar-refractivity contribution is 0.513. The molecular formula is C20H26N2. The van der Waals surface area contributed by atoms with E-state index in [1.54, 1.807) is 0 Å². The molecule has 0 radical (unpaired) electrons. The van der Waals surface area contributed by atoms with Gasteiger partial charge in [-0.25, -0.2) is 4.98 Å². The number of anilines is 1.